The van der Waals surface area contributed by atoms with Crippen molar-refractivity contribution in [2.24, 2.45) is 5.41 Å². The smallest absolute Gasteiger partial charge is 0.224 e. The highest BCUT2D eigenvalue weighted by Crippen LogP contribution is 2.23. The highest BCUT2D eigenvalue weighted by molar-refractivity contribution is 5.47. The van der Waals surface area contributed by atoms with Gasteiger partial charge in [-0.05, 0) is 25.7 Å². The van der Waals surface area contributed by atoms with E-state index in [-0.39, 0.29) is 5.41 Å². The molecule has 4 heteroatoms. The van der Waals surface area contributed by atoms with Crippen molar-refractivity contribution in [1.82, 2.24) is 9.97 Å². The van der Waals surface area contributed by atoms with Gasteiger partial charge in [0.1, 0.15) is 5.82 Å². The summed E-state index contributed by atoms with van der Waals surface area (Å²) in [6.07, 6.45) is 2.93. The van der Waals surface area contributed by atoms with Gasteiger partial charge in [-0.25, -0.2) is 4.98 Å². The van der Waals surface area contributed by atoms with Crippen molar-refractivity contribution < 1.29 is 0 Å². The molecule has 0 aromatic carbocycles. The summed E-state index contributed by atoms with van der Waals surface area (Å²) in [5.41, 5.74) is 1.28. The number of aromatic nitrogens is 2. The molecule has 0 aliphatic heterocycles. The lowest BCUT2D eigenvalue weighted by molar-refractivity contribution is 0.358. The quantitative estimate of drug-likeness (QED) is 0.840. The fourth-order valence-corrected chi connectivity index (χ4v) is 1.33. The van der Waals surface area contributed by atoms with Crippen molar-refractivity contribution in [2.45, 2.75) is 54.0 Å². The Morgan fingerprint density at radius 3 is 2.56 bits per heavy atom. The van der Waals surface area contributed by atoms with Crippen LogP contribution in [-0.2, 0) is 0 Å². The molecule has 1 unspecified atom stereocenters. The SMILES string of the molecule is CCCNc1ncc(C)c(NC(C)C(C)(C)C)n1. The number of hydrogen-bond acceptors (Lipinski definition) is 4. The molecule has 0 spiro atoms. The van der Waals surface area contributed by atoms with Gasteiger partial charge < -0.3 is 10.6 Å². The molecule has 0 amide bonds. The molecule has 4 nitrogen and oxygen atoms in total. The van der Waals surface area contributed by atoms with E-state index < -0.39 is 0 Å². The van der Waals surface area contributed by atoms with Gasteiger partial charge in [0, 0.05) is 24.3 Å². The minimum absolute atomic E-state index is 0.203. The molecule has 1 heterocycles. The summed E-state index contributed by atoms with van der Waals surface area (Å²) in [6.45, 7) is 13.9. The van der Waals surface area contributed by atoms with E-state index in [1.165, 1.54) is 0 Å². The van der Waals surface area contributed by atoms with Crippen LogP contribution in [0.4, 0.5) is 11.8 Å². The van der Waals surface area contributed by atoms with E-state index >= 15 is 0 Å². The minimum atomic E-state index is 0.203. The number of nitrogens with one attached hydrogen (secondary N) is 2. The zero-order valence-corrected chi connectivity index (χ0v) is 12.5. The Labute approximate surface area is 111 Å². The van der Waals surface area contributed by atoms with E-state index in [0.717, 1.165) is 24.3 Å². The standard InChI is InChI=1S/C14H26N4/c1-7-8-15-13-16-9-10(2)12(18-13)17-11(3)14(4,5)6/h9,11H,7-8H2,1-6H3,(H2,15,16,17,18). The van der Waals surface area contributed by atoms with E-state index in [0.29, 0.717) is 12.0 Å². The Hall–Kier alpha value is -1.32. The maximum atomic E-state index is 4.53. The first kappa shape index (κ1) is 14.7. The van der Waals surface area contributed by atoms with Crippen molar-refractivity contribution in [1.29, 1.82) is 0 Å². The fourth-order valence-electron chi connectivity index (χ4n) is 1.33. The van der Waals surface area contributed by atoms with Crippen LogP contribution in [0.5, 0.6) is 0 Å². The van der Waals surface area contributed by atoms with Gasteiger partial charge in [-0.1, -0.05) is 27.7 Å². The van der Waals surface area contributed by atoms with Crippen LogP contribution in [0.2, 0.25) is 0 Å². The Morgan fingerprint density at radius 1 is 1.33 bits per heavy atom. The van der Waals surface area contributed by atoms with Crippen LogP contribution in [0.15, 0.2) is 6.20 Å². The molecule has 1 aromatic rings. The van der Waals surface area contributed by atoms with Gasteiger partial charge in [-0.2, -0.15) is 4.98 Å². The Kier molecular flexibility index (Phi) is 4.93. The molecule has 0 aliphatic rings. The fraction of sp³-hybridized carbons (Fsp3) is 0.714. The lowest BCUT2D eigenvalue weighted by Crippen LogP contribution is -2.31. The predicted molar refractivity (Wildman–Crippen MR) is 78.1 cm³/mol. The average molecular weight is 250 g/mol. The summed E-state index contributed by atoms with van der Waals surface area (Å²) in [5.74, 6) is 1.62. The first-order chi connectivity index (χ1) is 8.34. The summed E-state index contributed by atoms with van der Waals surface area (Å²) in [6, 6.07) is 0.352. The topological polar surface area (TPSA) is 49.8 Å². The molecule has 0 bridgehead atoms. The van der Waals surface area contributed by atoms with Crippen LogP contribution < -0.4 is 10.6 Å². The zero-order valence-electron chi connectivity index (χ0n) is 12.5. The highest BCUT2D eigenvalue weighted by atomic mass is 15.1. The van der Waals surface area contributed by atoms with Gasteiger partial charge in [0.15, 0.2) is 0 Å². The average Bonchev–Trinajstić information content (AvgIpc) is 2.28. The van der Waals surface area contributed by atoms with Crippen LogP contribution in [-0.4, -0.2) is 22.6 Å². The molecular weight excluding hydrogens is 224 g/mol. The normalized spacial score (nSPS) is 13.2. The van der Waals surface area contributed by atoms with Crippen LogP contribution in [0, 0.1) is 12.3 Å². The van der Waals surface area contributed by atoms with Gasteiger partial charge in [0.05, 0.1) is 0 Å². The third kappa shape index (κ3) is 4.17. The highest BCUT2D eigenvalue weighted by Gasteiger charge is 2.20. The Morgan fingerprint density at radius 2 is 2.00 bits per heavy atom. The van der Waals surface area contributed by atoms with E-state index in [4.69, 9.17) is 0 Å². The van der Waals surface area contributed by atoms with Crippen molar-refractivity contribution >= 4 is 11.8 Å². The van der Waals surface area contributed by atoms with Gasteiger partial charge in [0.2, 0.25) is 5.95 Å². The molecule has 0 saturated heterocycles. The second-order valence-electron chi connectivity index (χ2n) is 5.88. The lowest BCUT2D eigenvalue weighted by Gasteiger charge is -2.29. The van der Waals surface area contributed by atoms with Crippen molar-refractivity contribution in [3.8, 4) is 0 Å². The Bertz CT molecular complexity index is 382. The van der Waals surface area contributed by atoms with Crippen molar-refractivity contribution in [2.75, 3.05) is 17.2 Å². The molecule has 0 saturated carbocycles. The van der Waals surface area contributed by atoms with Crippen molar-refractivity contribution in [3.05, 3.63) is 11.8 Å². The summed E-state index contributed by atoms with van der Waals surface area (Å²) < 4.78 is 0. The van der Waals surface area contributed by atoms with Crippen LogP contribution in [0.3, 0.4) is 0 Å². The molecule has 1 aromatic heterocycles. The van der Waals surface area contributed by atoms with Gasteiger partial charge in [0.25, 0.3) is 0 Å². The van der Waals surface area contributed by atoms with Crippen LogP contribution in [0.25, 0.3) is 0 Å². The molecule has 18 heavy (non-hydrogen) atoms. The number of hydrogen-bond donors (Lipinski definition) is 2. The van der Waals surface area contributed by atoms with Gasteiger partial charge in [-0.3, -0.25) is 0 Å². The third-order valence-corrected chi connectivity index (χ3v) is 3.16. The number of nitrogens with zero attached hydrogens (tertiary/aromatic N) is 2. The number of aryl methyl sites for hydroxylation is 1. The number of anilines is 2. The molecular formula is C14H26N4. The summed E-state index contributed by atoms with van der Waals surface area (Å²) in [5, 5.41) is 6.69. The molecule has 102 valence electrons. The molecule has 0 radical (unpaired) electrons. The van der Waals surface area contributed by atoms with E-state index in [9.17, 15) is 0 Å². The lowest BCUT2D eigenvalue weighted by atomic mass is 9.88. The maximum absolute atomic E-state index is 4.53. The summed E-state index contributed by atoms with van der Waals surface area (Å²) in [4.78, 5) is 8.81. The largest absolute Gasteiger partial charge is 0.367 e. The monoisotopic (exact) mass is 250 g/mol. The van der Waals surface area contributed by atoms with E-state index in [1.54, 1.807) is 0 Å². The van der Waals surface area contributed by atoms with Gasteiger partial charge >= 0.3 is 0 Å². The van der Waals surface area contributed by atoms with Crippen molar-refractivity contribution in [3.63, 3.8) is 0 Å². The maximum Gasteiger partial charge on any atom is 0.224 e. The summed E-state index contributed by atoms with van der Waals surface area (Å²) in [7, 11) is 0. The second-order valence-corrected chi connectivity index (χ2v) is 5.88. The first-order valence-electron chi connectivity index (χ1n) is 6.68. The van der Waals surface area contributed by atoms with Gasteiger partial charge in [-0.15, -0.1) is 0 Å². The third-order valence-electron chi connectivity index (χ3n) is 3.16. The predicted octanol–water partition coefficient (Wildman–Crippen LogP) is 3.45. The minimum Gasteiger partial charge on any atom is -0.367 e. The second kappa shape index (κ2) is 6.03. The molecule has 0 fully saturated rings. The summed E-state index contributed by atoms with van der Waals surface area (Å²) >= 11 is 0. The van der Waals surface area contributed by atoms with E-state index in [1.807, 2.05) is 13.1 Å². The zero-order chi connectivity index (χ0) is 13.8. The van der Waals surface area contributed by atoms with Crippen LogP contribution >= 0.6 is 0 Å². The molecule has 1 rings (SSSR count). The molecule has 2 N–H and O–H groups in total. The van der Waals surface area contributed by atoms with E-state index in [2.05, 4.69) is 55.2 Å². The molecule has 1 atom stereocenters. The number of rotatable bonds is 5. The molecule has 0 aliphatic carbocycles. The Balaban J connectivity index is 2.81. The first-order valence-corrected chi connectivity index (χ1v) is 6.68. The van der Waals surface area contributed by atoms with Crippen LogP contribution in [0.1, 0.15) is 46.6 Å².